The van der Waals surface area contributed by atoms with Gasteiger partial charge >= 0.3 is 0 Å². The number of nitrogens with zero attached hydrogens (tertiary/aromatic N) is 2. The number of aliphatic hydroxyl groups excluding tert-OH is 1. The maximum atomic E-state index is 11.6. The van der Waals surface area contributed by atoms with Gasteiger partial charge in [-0.05, 0) is 42.8 Å². The van der Waals surface area contributed by atoms with Gasteiger partial charge in [0.15, 0.2) is 5.16 Å². The van der Waals surface area contributed by atoms with Crippen molar-refractivity contribution in [2.45, 2.75) is 43.0 Å². The first-order valence-corrected chi connectivity index (χ1v) is 7.32. The Hall–Kier alpha value is -1.66. The van der Waals surface area contributed by atoms with Gasteiger partial charge in [0, 0.05) is 18.0 Å². The van der Waals surface area contributed by atoms with Crippen molar-refractivity contribution >= 4 is 11.8 Å². The van der Waals surface area contributed by atoms with Crippen molar-refractivity contribution in [3.05, 3.63) is 46.0 Å². The van der Waals surface area contributed by atoms with E-state index in [-0.39, 0.29) is 5.56 Å². The van der Waals surface area contributed by atoms with E-state index in [1.807, 2.05) is 6.92 Å². The predicted octanol–water partition coefficient (Wildman–Crippen LogP) is 2.32. The summed E-state index contributed by atoms with van der Waals surface area (Å²) in [6.45, 7) is 3.75. The van der Waals surface area contributed by atoms with Gasteiger partial charge in [-0.1, -0.05) is 13.3 Å². The van der Waals surface area contributed by atoms with Crippen LogP contribution < -0.4 is 5.56 Å². The zero-order valence-electron chi connectivity index (χ0n) is 11.5. The monoisotopic (exact) mass is 291 g/mol. The average Bonchev–Trinajstić information content (AvgIpc) is 2.38. The van der Waals surface area contributed by atoms with Gasteiger partial charge in [-0.2, -0.15) is 0 Å². The molecule has 0 radical (unpaired) electrons. The minimum absolute atomic E-state index is 0.155. The molecule has 0 saturated carbocycles. The van der Waals surface area contributed by atoms with Crippen LogP contribution in [-0.2, 0) is 6.42 Å². The summed E-state index contributed by atoms with van der Waals surface area (Å²) < 4.78 is 0. The van der Waals surface area contributed by atoms with Crippen molar-refractivity contribution in [1.29, 1.82) is 0 Å². The molecule has 0 aromatic carbocycles. The Labute approximate surface area is 121 Å². The minimum atomic E-state index is -0.546. The summed E-state index contributed by atoms with van der Waals surface area (Å²) in [6.07, 6.45) is 2.81. The van der Waals surface area contributed by atoms with Gasteiger partial charge in [-0.15, -0.1) is 0 Å². The third-order valence-electron chi connectivity index (χ3n) is 2.72. The molecule has 0 saturated heterocycles. The fourth-order valence-corrected chi connectivity index (χ4v) is 2.58. The van der Waals surface area contributed by atoms with Crippen molar-refractivity contribution in [1.82, 2.24) is 15.0 Å². The molecule has 0 aliphatic rings. The summed E-state index contributed by atoms with van der Waals surface area (Å²) in [4.78, 5) is 22.9. The summed E-state index contributed by atoms with van der Waals surface area (Å²) in [7, 11) is 0. The maximum absolute atomic E-state index is 11.6. The van der Waals surface area contributed by atoms with Crippen LogP contribution in [0.4, 0.5) is 0 Å². The fourth-order valence-electron chi connectivity index (χ4n) is 1.76. The fraction of sp³-hybridized carbons (Fsp3) is 0.357. The van der Waals surface area contributed by atoms with Crippen molar-refractivity contribution in [3.8, 4) is 0 Å². The lowest BCUT2D eigenvalue weighted by atomic mass is 10.2. The van der Waals surface area contributed by atoms with E-state index in [1.54, 1.807) is 25.3 Å². The molecule has 2 N–H and O–H groups in total. The molecule has 2 rings (SSSR count). The molecule has 0 spiro atoms. The summed E-state index contributed by atoms with van der Waals surface area (Å²) in [5.74, 6) is 0. The first-order valence-electron chi connectivity index (χ1n) is 6.50. The van der Waals surface area contributed by atoms with E-state index < -0.39 is 6.10 Å². The van der Waals surface area contributed by atoms with Crippen molar-refractivity contribution in [2.75, 3.05) is 0 Å². The van der Waals surface area contributed by atoms with E-state index in [9.17, 15) is 9.90 Å². The van der Waals surface area contributed by atoms with Gasteiger partial charge < -0.3 is 10.1 Å². The zero-order valence-corrected chi connectivity index (χ0v) is 12.3. The average molecular weight is 291 g/mol. The van der Waals surface area contributed by atoms with Crippen LogP contribution in [0.2, 0.25) is 0 Å². The number of pyridine rings is 1. The van der Waals surface area contributed by atoms with Crippen LogP contribution in [0.1, 0.15) is 37.6 Å². The Morgan fingerprint density at radius 1 is 1.45 bits per heavy atom. The second-order valence-electron chi connectivity index (χ2n) is 4.50. The number of hydrogen-bond donors (Lipinski definition) is 2. The van der Waals surface area contributed by atoms with Gasteiger partial charge in [0.05, 0.1) is 6.10 Å². The van der Waals surface area contributed by atoms with Gasteiger partial charge in [0.1, 0.15) is 5.03 Å². The van der Waals surface area contributed by atoms with E-state index in [2.05, 4.69) is 15.0 Å². The lowest BCUT2D eigenvalue weighted by molar-refractivity contribution is 0.199. The number of aryl methyl sites for hydroxylation is 1. The zero-order chi connectivity index (χ0) is 14.5. The van der Waals surface area contributed by atoms with Crippen LogP contribution in [0.15, 0.2) is 39.4 Å². The quantitative estimate of drug-likeness (QED) is 0.827. The second-order valence-corrected chi connectivity index (χ2v) is 5.51. The van der Waals surface area contributed by atoms with Crippen molar-refractivity contribution < 1.29 is 5.11 Å². The highest BCUT2D eigenvalue weighted by Gasteiger charge is 2.07. The lowest BCUT2D eigenvalue weighted by Gasteiger charge is -2.06. The largest absolute Gasteiger partial charge is 0.389 e. The van der Waals surface area contributed by atoms with E-state index in [0.29, 0.717) is 10.2 Å². The van der Waals surface area contributed by atoms with Gasteiger partial charge in [-0.25, -0.2) is 9.97 Å². The normalized spacial score (nSPS) is 12.3. The molecular formula is C14H17N3O2S. The molecule has 0 unspecified atom stereocenters. The van der Waals surface area contributed by atoms with E-state index in [0.717, 1.165) is 24.1 Å². The molecule has 2 aromatic heterocycles. The van der Waals surface area contributed by atoms with Crippen LogP contribution in [0.3, 0.4) is 0 Å². The van der Waals surface area contributed by atoms with E-state index >= 15 is 0 Å². The Morgan fingerprint density at radius 3 is 2.95 bits per heavy atom. The Morgan fingerprint density at radius 2 is 2.25 bits per heavy atom. The van der Waals surface area contributed by atoms with Crippen LogP contribution in [0.25, 0.3) is 0 Å². The number of aromatic amines is 1. The molecule has 6 heteroatoms. The van der Waals surface area contributed by atoms with Crippen LogP contribution >= 0.6 is 11.8 Å². The van der Waals surface area contributed by atoms with Crippen molar-refractivity contribution in [3.63, 3.8) is 0 Å². The predicted molar refractivity (Wildman–Crippen MR) is 77.8 cm³/mol. The molecule has 5 nitrogen and oxygen atoms in total. The first kappa shape index (κ1) is 14.7. The smallest absolute Gasteiger partial charge is 0.251 e. The standard InChI is InChI=1S/C14H17N3O2S/c1-3-4-11-8-12(19)17-14(16-11)20-13-7-10(9(2)18)5-6-15-13/h5-9,18H,3-4H2,1-2H3,(H,16,17,19)/t9-/m0/s1. The molecule has 0 aliphatic heterocycles. The summed E-state index contributed by atoms with van der Waals surface area (Å²) in [5, 5.41) is 10.8. The van der Waals surface area contributed by atoms with Gasteiger partial charge in [0.25, 0.3) is 5.56 Å². The molecular weight excluding hydrogens is 274 g/mol. The number of hydrogen-bond acceptors (Lipinski definition) is 5. The molecule has 0 amide bonds. The molecule has 0 aliphatic carbocycles. The van der Waals surface area contributed by atoms with Crippen LogP contribution in [0.5, 0.6) is 0 Å². The number of nitrogens with one attached hydrogen (secondary N) is 1. The topological polar surface area (TPSA) is 78.9 Å². The van der Waals surface area contributed by atoms with Gasteiger partial charge in [0.2, 0.25) is 0 Å². The van der Waals surface area contributed by atoms with E-state index in [4.69, 9.17) is 0 Å². The number of rotatable bonds is 5. The third kappa shape index (κ3) is 3.91. The summed E-state index contributed by atoms with van der Waals surface area (Å²) >= 11 is 1.28. The molecule has 1 atom stereocenters. The Kier molecular flexibility index (Phi) is 4.92. The maximum Gasteiger partial charge on any atom is 0.251 e. The lowest BCUT2D eigenvalue weighted by Crippen LogP contribution is -2.09. The Bertz CT molecular complexity index is 640. The second kappa shape index (κ2) is 6.67. The highest BCUT2D eigenvalue weighted by Crippen LogP contribution is 2.24. The van der Waals surface area contributed by atoms with Crippen LogP contribution in [0, 0.1) is 0 Å². The highest BCUT2D eigenvalue weighted by molar-refractivity contribution is 7.99. The molecule has 0 bridgehead atoms. The number of H-pyrrole nitrogens is 1. The molecule has 0 fully saturated rings. The van der Waals surface area contributed by atoms with Crippen molar-refractivity contribution in [2.24, 2.45) is 0 Å². The van der Waals surface area contributed by atoms with E-state index in [1.165, 1.54) is 17.8 Å². The molecule has 2 aromatic rings. The third-order valence-corrected chi connectivity index (χ3v) is 3.54. The SMILES string of the molecule is CCCc1cc(=O)[nH]c(Sc2cc([C@H](C)O)ccn2)n1. The highest BCUT2D eigenvalue weighted by atomic mass is 32.2. The molecule has 2 heterocycles. The van der Waals surface area contributed by atoms with Gasteiger partial charge in [-0.3, -0.25) is 4.79 Å². The molecule has 106 valence electrons. The number of aromatic nitrogens is 3. The Balaban J connectivity index is 2.25. The first-order chi connectivity index (χ1) is 9.58. The van der Waals surface area contributed by atoms with Crippen LogP contribution in [-0.4, -0.2) is 20.1 Å². The summed E-state index contributed by atoms with van der Waals surface area (Å²) in [5.41, 5.74) is 1.41. The minimum Gasteiger partial charge on any atom is -0.389 e. The summed E-state index contributed by atoms with van der Waals surface area (Å²) in [6, 6.07) is 5.08. The number of aliphatic hydroxyl groups is 1. The molecule has 20 heavy (non-hydrogen) atoms.